The van der Waals surface area contributed by atoms with Crippen LogP contribution in [0.3, 0.4) is 0 Å². The first-order valence-electron chi connectivity index (χ1n) is 9.52. The molecule has 3 rings (SSSR count). The number of carbonyl (C=O) groups excluding carboxylic acids is 1. The number of hydrogen-bond donors (Lipinski definition) is 2. The zero-order valence-electron chi connectivity index (χ0n) is 16.5. The number of nitrogens with zero attached hydrogens (tertiary/aromatic N) is 4. The zero-order chi connectivity index (χ0) is 19.8. The Bertz CT molecular complexity index is 789. The third-order valence-electron chi connectivity index (χ3n) is 4.66. The molecule has 1 unspecified atom stereocenters. The SMILES string of the molecule is CN=C(NCC(=O)NCCc1ccccc1)N1CCOC(c2cnn(C)c2)C1. The molecule has 8 nitrogen and oxygen atoms in total. The molecule has 0 saturated carbocycles. The Balaban J connectivity index is 1.44. The summed E-state index contributed by atoms with van der Waals surface area (Å²) < 4.78 is 7.63. The van der Waals surface area contributed by atoms with Gasteiger partial charge in [0.25, 0.3) is 0 Å². The summed E-state index contributed by atoms with van der Waals surface area (Å²) in [6.07, 6.45) is 4.55. The van der Waals surface area contributed by atoms with E-state index in [0.717, 1.165) is 18.5 Å². The van der Waals surface area contributed by atoms with Gasteiger partial charge in [0.05, 0.1) is 25.9 Å². The smallest absolute Gasteiger partial charge is 0.239 e. The molecule has 0 aliphatic carbocycles. The Kier molecular flexibility index (Phi) is 7.02. The summed E-state index contributed by atoms with van der Waals surface area (Å²) >= 11 is 0. The predicted molar refractivity (Wildman–Crippen MR) is 108 cm³/mol. The van der Waals surface area contributed by atoms with E-state index in [1.807, 2.05) is 37.6 Å². The summed E-state index contributed by atoms with van der Waals surface area (Å²) in [5.74, 6) is 0.657. The first-order valence-corrected chi connectivity index (χ1v) is 9.52. The molecule has 0 radical (unpaired) electrons. The van der Waals surface area contributed by atoms with E-state index in [1.54, 1.807) is 11.7 Å². The number of morpholine rings is 1. The average molecular weight is 384 g/mol. The van der Waals surface area contributed by atoms with E-state index in [4.69, 9.17) is 4.74 Å². The van der Waals surface area contributed by atoms with Gasteiger partial charge >= 0.3 is 0 Å². The van der Waals surface area contributed by atoms with Gasteiger partial charge in [-0.15, -0.1) is 0 Å². The number of aryl methyl sites for hydroxylation is 1. The normalized spacial score (nSPS) is 17.4. The van der Waals surface area contributed by atoms with Crippen molar-refractivity contribution in [3.63, 3.8) is 0 Å². The highest BCUT2D eigenvalue weighted by molar-refractivity contribution is 5.86. The number of nitrogens with one attached hydrogen (secondary N) is 2. The van der Waals surface area contributed by atoms with Crippen LogP contribution in [0.4, 0.5) is 0 Å². The molecule has 2 heterocycles. The van der Waals surface area contributed by atoms with Gasteiger partial charge in [0.1, 0.15) is 6.10 Å². The molecule has 1 atom stereocenters. The van der Waals surface area contributed by atoms with Gasteiger partial charge in [-0.1, -0.05) is 30.3 Å². The average Bonchev–Trinajstić information content (AvgIpc) is 3.16. The fourth-order valence-electron chi connectivity index (χ4n) is 3.19. The van der Waals surface area contributed by atoms with Crippen LogP contribution in [0.25, 0.3) is 0 Å². The fraction of sp³-hybridized carbons (Fsp3) is 0.450. The van der Waals surface area contributed by atoms with Crippen molar-refractivity contribution in [2.45, 2.75) is 12.5 Å². The molecular formula is C20H28N6O2. The molecule has 1 aliphatic rings. The second kappa shape index (κ2) is 9.89. The molecule has 1 saturated heterocycles. The molecule has 1 aromatic carbocycles. The summed E-state index contributed by atoms with van der Waals surface area (Å²) in [6.45, 7) is 2.80. The van der Waals surface area contributed by atoms with E-state index in [2.05, 4.69) is 37.8 Å². The zero-order valence-corrected chi connectivity index (χ0v) is 16.5. The largest absolute Gasteiger partial charge is 0.370 e. The minimum atomic E-state index is -0.0549. The summed E-state index contributed by atoms with van der Waals surface area (Å²) in [4.78, 5) is 18.6. The number of guanidine groups is 1. The number of hydrogen-bond acceptors (Lipinski definition) is 4. The van der Waals surface area contributed by atoms with Gasteiger partial charge in [-0.05, 0) is 12.0 Å². The van der Waals surface area contributed by atoms with Crippen LogP contribution < -0.4 is 10.6 Å². The van der Waals surface area contributed by atoms with Crippen molar-refractivity contribution >= 4 is 11.9 Å². The van der Waals surface area contributed by atoms with E-state index in [-0.39, 0.29) is 18.6 Å². The second-order valence-electron chi connectivity index (χ2n) is 6.74. The summed E-state index contributed by atoms with van der Waals surface area (Å²) in [6, 6.07) is 10.1. The number of ether oxygens (including phenoxy) is 1. The molecule has 2 aromatic rings. The van der Waals surface area contributed by atoms with Gasteiger partial charge in [0.15, 0.2) is 5.96 Å². The maximum Gasteiger partial charge on any atom is 0.239 e. The Labute approximate surface area is 165 Å². The van der Waals surface area contributed by atoms with Crippen LogP contribution >= 0.6 is 0 Å². The Hall–Kier alpha value is -2.87. The van der Waals surface area contributed by atoms with Crippen molar-refractivity contribution < 1.29 is 9.53 Å². The topological polar surface area (TPSA) is 83.8 Å². The molecule has 28 heavy (non-hydrogen) atoms. The van der Waals surface area contributed by atoms with Crippen molar-refractivity contribution in [1.82, 2.24) is 25.3 Å². The standard InChI is InChI=1S/C20H28N6O2/c1-21-20(23-13-19(27)22-9-8-16-6-4-3-5-7-16)26-10-11-28-18(15-26)17-12-24-25(2)14-17/h3-7,12,14,18H,8-11,13,15H2,1-2H3,(H,21,23)(H,22,27). The number of benzene rings is 1. The predicted octanol–water partition coefficient (Wildman–Crippen LogP) is 0.728. The van der Waals surface area contributed by atoms with Crippen LogP contribution in [0, 0.1) is 0 Å². The number of rotatable bonds is 6. The quantitative estimate of drug-likeness (QED) is 0.567. The van der Waals surface area contributed by atoms with Crippen LogP contribution in [0.15, 0.2) is 47.7 Å². The third kappa shape index (κ3) is 5.56. The maximum absolute atomic E-state index is 12.1. The minimum Gasteiger partial charge on any atom is -0.370 e. The van der Waals surface area contributed by atoms with Gasteiger partial charge in [0.2, 0.25) is 5.91 Å². The van der Waals surface area contributed by atoms with Crippen LogP contribution in [0.1, 0.15) is 17.2 Å². The lowest BCUT2D eigenvalue weighted by atomic mass is 10.1. The summed E-state index contributed by atoms with van der Waals surface area (Å²) in [5, 5.41) is 10.3. The molecule has 1 amide bonds. The van der Waals surface area contributed by atoms with Crippen molar-refractivity contribution in [2.24, 2.45) is 12.0 Å². The lowest BCUT2D eigenvalue weighted by molar-refractivity contribution is -0.120. The van der Waals surface area contributed by atoms with E-state index < -0.39 is 0 Å². The second-order valence-corrected chi connectivity index (χ2v) is 6.74. The molecular weight excluding hydrogens is 356 g/mol. The summed E-state index contributed by atoms with van der Waals surface area (Å²) in [7, 11) is 3.62. The number of aliphatic imine (C=N–C) groups is 1. The van der Waals surface area contributed by atoms with Crippen molar-refractivity contribution in [3.05, 3.63) is 53.9 Å². The van der Waals surface area contributed by atoms with E-state index in [9.17, 15) is 4.79 Å². The molecule has 150 valence electrons. The molecule has 1 aromatic heterocycles. The van der Waals surface area contributed by atoms with E-state index >= 15 is 0 Å². The highest BCUT2D eigenvalue weighted by Crippen LogP contribution is 2.21. The Morgan fingerprint density at radius 3 is 2.86 bits per heavy atom. The van der Waals surface area contributed by atoms with Crippen LogP contribution in [0.5, 0.6) is 0 Å². The maximum atomic E-state index is 12.1. The van der Waals surface area contributed by atoms with Crippen molar-refractivity contribution in [3.8, 4) is 0 Å². The monoisotopic (exact) mass is 384 g/mol. The molecule has 2 N–H and O–H groups in total. The van der Waals surface area contributed by atoms with Crippen LogP contribution in [-0.2, 0) is 23.0 Å². The molecule has 0 spiro atoms. The number of aromatic nitrogens is 2. The summed E-state index contributed by atoms with van der Waals surface area (Å²) in [5.41, 5.74) is 2.25. The molecule has 8 heteroatoms. The fourth-order valence-corrected chi connectivity index (χ4v) is 3.19. The molecule has 0 bridgehead atoms. The van der Waals surface area contributed by atoms with E-state index in [1.165, 1.54) is 5.56 Å². The van der Waals surface area contributed by atoms with Gasteiger partial charge in [-0.2, -0.15) is 5.10 Å². The highest BCUT2D eigenvalue weighted by atomic mass is 16.5. The minimum absolute atomic E-state index is 0.0471. The van der Waals surface area contributed by atoms with E-state index in [0.29, 0.717) is 25.7 Å². The molecule has 1 fully saturated rings. The third-order valence-corrected chi connectivity index (χ3v) is 4.66. The van der Waals surface area contributed by atoms with Gasteiger partial charge in [0, 0.05) is 38.9 Å². The van der Waals surface area contributed by atoms with Gasteiger partial charge in [-0.3, -0.25) is 14.5 Å². The van der Waals surface area contributed by atoms with Crippen molar-refractivity contribution in [2.75, 3.05) is 39.8 Å². The lowest BCUT2D eigenvalue weighted by Crippen LogP contribution is -2.50. The Morgan fingerprint density at radius 2 is 2.14 bits per heavy atom. The van der Waals surface area contributed by atoms with Gasteiger partial charge < -0.3 is 20.3 Å². The number of carbonyl (C=O) groups is 1. The molecule has 1 aliphatic heterocycles. The highest BCUT2D eigenvalue weighted by Gasteiger charge is 2.25. The Morgan fingerprint density at radius 1 is 1.32 bits per heavy atom. The lowest BCUT2D eigenvalue weighted by Gasteiger charge is -2.34. The van der Waals surface area contributed by atoms with Crippen molar-refractivity contribution in [1.29, 1.82) is 0 Å². The van der Waals surface area contributed by atoms with Gasteiger partial charge in [-0.25, -0.2) is 0 Å². The number of amides is 1. The first kappa shape index (κ1) is 19.9. The van der Waals surface area contributed by atoms with Crippen LogP contribution in [0.2, 0.25) is 0 Å². The van der Waals surface area contributed by atoms with Crippen LogP contribution in [-0.4, -0.2) is 66.4 Å². The first-order chi connectivity index (χ1) is 13.7.